The molecule has 0 aliphatic carbocycles. The second-order valence-electron chi connectivity index (χ2n) is 7.64. The van der Waals surface area contributed by atoms with Crippen molar-refractivity contribution in [3.63, 3.8) is 0 Å². The van der Waals surface area contributed by atoms with Crippen LogP contribution in [0.25, 0.3) is 0 Å². The molecule has 0 aromatic heterocycles. The van der Waals surface area contributed by atoms with Crippen molar-refractivity contribution in [3.8, 4) is 5.75 Å². The predicted molar refractivity (Wildman–Crippen MR) is 95.0 cm³/mol. The maximum Gasteiger partial charge on any atom is 0.122 e. The minimum Gasteiger partial charge on any atom is -0.492 e. The Balaban J connectivity index is 1.66. The fourth-order valence-corrected chi connectivity index (χ4v) is 2.72. The van der Waals surface area contributed by atoms with Crippen LogP contribution in [-0.2, 0) is 0 Å². The molecule has 1 aromatic carbocycles. The maximum atomic E-state index is 10.2. The van der Waals surface area contributed by atoms with Crippen LogP contribution < -0.4 is 4.74 Å². The number of aliphatic hydroxyl groups is 1. The van der Waals surface area contributed by atoms with Gasteiger partial charge in [0.15, 0.2) is 0 Å². The second-order valence-corrected chi connectivity index (χ2v) is 7.64. The minimum atomic E-state index is -0.265. The van der Waals surface area contributed by atoms with Crippen LogP contribution in [0.15, 0.2) is 24.3 Å². The molecule has 4 nitrogen and oxygen atoms in total. The fourth-order valence-electron chi connectivity index (χ4n) is 2.72. The van der Waals surface area contributed by atoms with E-state index >= 15 is 0 Å². The number of β-amino-alcohol motifs (C(OH)–C–C–N with tert-alkyl or cyclic N) is 1. The van der Waals surface area contributed by atoms with Gasteiger partial charge in [-0.15, -0.1) is 0 Å². The molecule has 1 aliphatic heterocycles. The number of benzene rings is 1. The highest BCUT2D eigenvalue weighted by Crippen LogP contribution is 2.20. The zero-order chi connectivity index (χ0) is 16.9. The zero-order valence-corrected chi connectivity index (χ0v) is 15.1. The van der Waals surface area contributed by atoms with Crippen LogP contribution in [0, 0.1) is 12.3 Å². The standard InChI is InChI=1S/C19H32N2O2/c1-16-7-5-6-8-17(16)23-14-13-20-9-11-21(12-10-20)15-18(22)19(2,3)4/h5-8,18,22H,9-15H2,1-4H3/t18-/m0/s1. The number of aliphatic hydroxyl groups excluding tert-OH is 1. The van der Waals surface area contributed by atoms with Gasteiger partial charge in [-0.25, -0.2) is 0 Å². The fraction of sp³-hybridized carbons (Fsp3) is 0.684. The number of para-hydroxylation sites is 1. The first-order valence-corrected chi connectivity index (χ1v) is 8.67. The highest BCUT2D eigenvalue weighted by molar-refractivity contribution is 5.31. The Morgan fingerprint density at radius 1 is 1.09 bits per heavy atom. The van der Waals surface area contributed by atoms with Gasteiger partial charge in [-0.05, 0) is 24.0 Å². The molecule has 1 saturated heterocycles. The van der Waals surface area contributed by atoms with Crippen LogP contribution in [0.1, 0.15) is 26.3 Å². The van der Waals surface area contributed by atoms with E-state index in [1.165, 1.54) is 5.56 Å². The molecular formula is C19H32N2O2. The van der Waals surface area contributed by atoms with Crippen molar-refractivity contribution >= 4 is 0 Å². The van der Waals surface area contributed by atoms with Crippen molar-refractivity contribution < 1.29 is 9.84 Å². The number of piperazine rings is 1. The van der Waals surface area contributed by atoms with E-state index < -0.39 is 0 Å². The summed E-state index contributed by atoms with van der Waals surface area (Å²) in [7, 11) is 0. The third-order valence-corrected chi connectivity index (χ3v) is 4.65. The van der Waals surface area contributed by atoms with E-state index in [0.29, 0.717) is 0 Å². The van der Waals surface area contributed by atoms with Crippen molar-refractivity contribution in [1.29, 1.82) is 0 Å². The van der Waals surface area contributed by atoms with Crippen molar-refractivity contribution in [2.75, 3.05) is 45.9 Å². The van der Waals surface area contributed by atoms with Crippen LogP contribution in [0.2, 0.25) is 0 Å². The summed E-state index contributed by atoms with van der Waals surface area (Å²) >= 11 is 0. The molecule has 0 unspecified atom stereocenters. The van der Waals surface area contributed by atoms with Crippen molar-refractivity contribution in [1.82, 2.24) is 9.80 Å². The Bertz CT molecular complexity index is 477. The molecule has 0 radical (unpaired) electrons. The van der Waals surface area contributed by atoms with Gasteiger partial charge in [0.25, 0.3) is 0 Å². The normalized spacial score (nSPS) is 18.8. The molecule has 1 atom stereocenters. The molecule has 2 rings (SSSR count). The summed E-state index contributed by atoms with van der Waals surface area (Å²) in [5.74, 6) is 0.986. The zero-order valence-electron chi connectivity index (χ0n) is 15.1. The monoisotopic (exact) mass is 320 g/mol. The predicted octanol–water partition coefficient (Wildman–Crippen LogP) is 2.40. The van der Waals surface area contributed by atoms with Crippen LogP contribution in [0.5, 0.6) is 5.75 Å². The van der Waals surface area contributed by atoms with Crippen molar-refractivity contribution in [3.05, 3.63) is 29.8 Å². The maximum absolute atomic E-state index is 10.2. The Morgan fingerprint density at radius 2 is 1.70 bits per heavy atom. The van der Waals surface area contributed by atoms with E-state index in [4.69, 9.17) is 4.74 Å². The molecule has 1 heterocycles. The smallest absolute Gasteiger partial charge is 0.122 e. The lowest BCUT2D eigenvalue weighted by molar-refractivity contribution is 0.0122. The van der Waals surface area contributed by atoms with Gasteiger partial charge in [-0.2, -0.15) is 0 Å². The summed E-state index contributed by atoms with van der Waals surface area (Å²) in [6.45, 7) is 15.0. The Labute approximate surface area is 141 Å². The lowest BCUT2D eigenvalue weighted by Gasteiger charge is -2.37. The summed E-state index contributed by atoms with van der Waals surface area (Å²) in [4.78, 5) is 4.81. The van der Waals surface area contributed by atoms with Crippen LogP contribution >= 0.6 is 0 Å². The van der Waals surface area contributed by atoms with Gasteiger partial charge in [0.05, 0.1) is 6.10 Å². The number of ether oxygens (including phenoxy) is 1. The summed E-state index contributed by atoms with van der Waals surface area (Å²) in [5, 5.41) is 10.2. The number of hydrogen-bond acceptors (Lipinski definition) is 4. The third kappa shape index (κ3) is 5.79. The molecule has 0 spiro atoms. The minimum absolute atomic E-state index is 0.0431. The highest BCUT2D eigenvalue weighted by Gasteiger charge is 2.26. The van der Waals surface area contributed by atoms with E-state index in [2.05, 4.69) is 43.6 Å². The van der Waals surface area contributed by atoms with Crippen LogP contribution in [0.3, 0.4) is 0 Å². The number of rotatable bonds is 6. The van der Waals surface area contributed by atoms with Gasteiger partial charge in [-0.3, -0.25) is 9.80 Å². The van der Waals surface area contributed by atoms with Gasteiger partial charge in [0.1, 0.15) is 12.4 Å². The number of hydrogen-bond donors (Lipinski definition) is 1. The summed E-state index contributed by atoms with van der Waals surface area (Å²) in [6.07, 6.45) is -0.265. The lowest BCUT2D eigenvalue weighted by atomic mass is 9.89. The van der Waals surface area contributed by atoms with Gasteiger partial charge in [0, 0.05) is 39.3 Å². The first-order valence-electron chi connectivity index (χ1n) is 8.67. The number of aryl methyl sites for hydroxylation is 1. The van der Waals surface area contributed by atoms with Gasteiger partial charge >= 0.3 is 0 Å². The van der Waals surface area contributed by atoms with E-state index in [-0.39, 0.29) is 11.5 Å². The number of nitrogens with zero attached hydrogens (tertiary/aromatic N) is 2. The molecule has 23 heavy (non-hydrogen) atoms. The topological polar surface area (TPSA) is 35.9 Å². The van der Waals surface area contributed by atoms with Crippen LogP contribution in [0.4, 0.5) is 0 Å². The lowest BCUT2D eigenvalue weighted by Crippen LogP contribution is -2.50. The summed E-state index contributed by atoms with van der Waals surface area (Å²) < 4.78 is 5.88. The van der Waals surface area contributed by atoms with Gasteiger partial charge in [-0.1, -0.05) is 39.0 Å². The molecule has 0 bridgehead atoms. The quantitative estimate of drug-likeness (QED) is 0.873. The molecule has 1 aromatic rings. The molecule has 1 fully saturated rings. The van der Waals surface area contributed by atoms with E-state index in [9.17, 15) is 5.11 Å². The average Bonchev–Trinajstić information content (AvgIpc) is 2.50. The Morgan fingerprint density at radius 3 is 2.30 bits per heavy atom. The Hall–Kier alpha value is -1.10. The molecule has 130 valence electrons. The Kier molecular flexibility index (Phi) is 6.45. The third-order valence-electron chi connectivity index (χ3n) is 4.65. The van der Waals surface area contributed by atoms with Gasteiger partial charge in [0.2, 0.25) is 0 Å². The summed E-state index contributed by atoms with van der Waals surface area (Å²) in [6, 6.07) is 8.16. The van der Waals surface area contributed by atoms with Crippen LogP contribution in [-0.4, -0.2) is 66.9 Å². The first kappa shape index (κ1) is 18.2. The molecular weight excluding hydrogens is 288 g/mol. The molecule has 4 heteroatoms. The average molecular weight is 320 g/mol. The molecule has 1 N–H and O–H groups in total. The van der Waals surface area contributed by atoms with E-state index in [1.54, 1.807) is 0 Å². The summed E-state index contributed by atoms with van der Waals surface area (Å²) in [5.41, 5.74) is 1.15. The molecule has 0 saturated carbocycles. The molecule has 1 aliphatic rings. The largest absolute Gasteiger partial charge is 0.492 e. The second kappa shape index (κ2) is 8.13. The van der Waals surface area contributed by atoms with Crippen molar-refractivity contribution in [2.45, 2.75) is 33.8 Å². The van der Waals surface area contributed by atoms with Crippen molar-refractivity contribution in [2.24, 2.45) is 5.41 Å². The van der Waals surface area contributed by atoms with E-state index in [0.717, 1.165) is 51.6 Å². The van der Waals surface area contributed by atoms with E-state index in [1.807, 2.05) is 18.2 Å². The highest BCUT2D eigenvalue weighted by atomic mass is 16.5. The van der Waals surface area contributed by atoms with Gasteiger partial charge < -0.3 is 9.84 Å². The first-order chi connectivity index (χ1) is 10.9. The SMILES string of the molecule is Cc1ccccc1OCCN1CCN(C[C@H](O)C(C)(C)C)CC1. The molecule has 0 amide bonds.